The molecule has 0 amide bonds. The predicted octanol–water partition coefficient (Wildman–Crippen LogP) is 8.95. The molecule has 32 heavy (non-hydrogen) atoms. The van der Waals surface area contributed by atoms with Gasteiger partial charge in [-0.3, -0.25) is 0 Å². The third-order valence-electron chi connectivity index (χ3n) is 6.32. The van der Waals surface area contributed by atoms with Gasteiger partial charge < -0.3 is 0 Å². The van der Waals surface area contributed by atoms with Crippen molar-refractivity contribution < 1.29 is 26.3 Å². The highest BCUT2D eigenvalue weighted by Crippen LogP contribution is 2.46. The lowest BCUT2D eigenvalue weighted by Gasteiger charge is -2.19. The molecule has 0 bridgehead atoms. The Morgan fingerprint density at radius 2 is 0.812 bits per heavy atom. The lowest BCUT2D eigenvalue weighted by atomic mass is 9.90. The van der Waals surface area contributed by atoms with Crippen molar-refractivity contribution in [3.63, 3.8) is 0 Å². The molecule has 0 heterocycles. The van der Waals surface area contributed by atoms with Crippen LogP contribution >= 0.6 is 0 Å². The fourth-order valence-electron chi connectivity index (χ4n) is 4.65. The lowest BCUT2D eigenvalue weighted by molar-refractivity contribution is -0.161. The fraction of sp³-hybridized carbons (Fsp3) is 0.154. The first-order valence-corrected chi connectivity index (χ1v) is 9.94. The summed E-state index contributed by atoms with van der Waals surface area (Å²) in [7, 11) is 0. The van der Waals surface area contributed by atoms with Crippen molar-refractivity contribution in [2.45, 2.75) is 26.2 Å². The number of hydrogen-bond donors (Lipinski definition) is 0. The summed E-state index contributed by atoms with van der Waals surface area (Å²) in [6, 6.07) is 15.8. The number of rotatable bonds is 0. The molecule has 0 spiro atoms. The van der Waals surface area contributed by atoms with E-state index in [0.29, 0.717) is 16.8 Å². The molecule has 0 nitrogen and oxygen atoms in total. The Morgan fingerprint density at radius 1 is 0.438 bits per heavy atom. The van der Waals surface area contributed by atoms with Crippen molar-refractivity contribution in [3.8, 4) is 0 Å². The van der Waals surface area contributed by atoms with Gasteiger partial charge in [0.1, 0.15) is 0 Å². The molecule has 0 aliphatic rings. The summed E-state index contributed by atoms with van der Waals surface area (Å²) in [4.78, 5) is 0. The maximum absolute atomic E-state index is 13.7. The Balaban J connectivity index is 1.91. The van der Waals surface area contributed by atoms with E-state index < -0.39 is 28.9 Å². The fourth-order valence-corrected chi connectivity index (χ4v) is 4.65. The molecular formula is C26H16F6. The number of fused-ring (bicyclic) bond motifs is 7. The zero-order chi connectivity index (χ0) is 23.0. The molecule has 5 aromatic carbocycles. The van der Waals surface area contributed by atoms with E-state index in [4.69, 9.17) is 0 Å². The average Bonchev–Trinajstić information content (AvgIpc) is 2.73. The minimum Gasteiger partial charge on any atom is -0.166 e. The average molecular weight is 442 g/mol. The molecule has 6 heteroatoms. The monoisotopic (exact) mass is 442 g/mol. The summed E-state index contributed by atoms with van der Waals surface area (Å²) in [6.07, 6.45) is -10.2. The van der Waals surface area contributed by atoms with Crippen LogP contribution in [0.2, 0.25) is 0 Å². The summed E-state index contributed by atoms with van der Waals surface area (Å²) < 4.78 is 81.1. The Morgan fingerprint density at radius 3 is 1.31 bits per heavy atom. The lowest BCUT2D eigenvalue weighted by Crippen LogP contribution is -2.17. The van der Waals surface area contributed by atoms with Crippen molar-refractivity contribution >= 4 is 43.1 Å². The van der Waals surface area contributed by atoms with E-state index in [1.54, 1.807) is 6.07 Å². The van der Waals surface area contributed by atoms with Crippen LogP contribution in [0.5, 0.6) is 0 Å². The molecule has 0 atom stereocenters. The van der Waals surface area contributed by atoms with Gasteiger partial charge in [0.2, 0.25) is 0 Å². The number of aryl methyl sites for hydroxylation is 2. The summed E-state index contributed by atoms with van der Waals surface area (Å²) in [5, 5.41) is 4.77. The summed E-state index contributed by atoms with van der Waals surface area (Å²) in [5.41, 5.74) is -1.01. The first kappa shape index (κ1) is 20.6. The van der Waals surface area contributed by atoms with E-state index in [1.165, 1.54) is 6.07 Å². The molecule has 0 fully saturated rings. The van der Waals surface area contributed by atoms with Crippen LogP contribution in [-0.4, -0.2) is 0 Å². The number of hydrogen-bond acceptors (Lipinski definition) is 0. The van der Waals surface area contributed by atoms with E-state index in [1.807, 2.05) is 44.2 Å². The molecule has 0 radical (unpaired) electrons. The second-order valence-electron chi connectivity index (χ2n) is 8.07. The van der Waals surface area contributed by atoms with Gasteiger partial charge in [0, 0.05) is 0 Å². The standard InChI is InChI=1S/C26H16F6/c1-13-3-4-16-15(14(13)2)5-6-18-17(16)7-8-20-19(18)9-10-22-21(20)11-12-23(25(27,28)29)24(22)26(30,31)32/h3-12H,1-2H3. The highest BCUT2D eigenvalue weighted by atomic mass is 19.4. The Labute approximate surface area is 179 Å². The minimum absolute atomic E-state index is 0.143. The maximum Gasteiger partial charge on any atom is 0.417 e. The Hall–Kier alpha value is -3.28. The third-order valence-corrected chi connectivity index (χ3v) is 6.32. The maximum atomic E-state index is 13.7. The van der Waals surface area contributed by atoms with Gasteiger partial charge in [-0.15, -0.1) is 0 Å². The van der Waals surface area contributed by atoms with Gasteiger partial charge in [0.15, 0.2) is 0 Å². The summed E-state index contributed by atoms with van der Waals surface area (Å²) in [5.74, 6) is 0. The molecule has 0 aliphatic heterocycles. The predicted molar refractivity (Wildman–Crippen MR) is 116 cm³/mol. The normalized spacial score (nSPS) is 13.0. The molecule has 0 saturated carbocycles. The smallest absolute Gasteiger partial charge is 0.166 e. The molecule has 0 aromatic heterocycles. The highest BCUT2D eigenvalue weighted by molar-refractivity contribution is 6.22. The van der Waals surface area contributed by atoms with Crippen LogP contribution in [0.1, 0.15) is 22.3 Å². The molecule has 162 valence electrons. The first-order valence-electron chi connectivity index (χ1n) is 9.94. The number of alkyl halides is 6. The molecule has 0 aliphatic carbocycles. The van der Waals surface area contributed by atoms with E-state index in [0.717, 1.165) is 44.8 Å². The molecule has 5 rings (SSSR count). The topological polar surface area (TPSA) is 0 Å². The van der Waals surface area contributed by atoms with E-state index in [9.17, 15) is 26.3 Å². The summed E-state index contributed by atoms with van der Waals surface area (Å²) in [6.45, 7) is 4.06. The van der Waals surface area contributed by atoms with Crippen molar-refractivity contribution in [2.24, 2.45) is 0 Å². The SMILES string of the molecule is Cc1ccc2c(ccc3c2ccc2c4ccc(C(F)(F)F)c(C(F)(F)F)c4ccc23)c1C. The second kappa shape index (κ2) is 6.61. The Bertz CT molecular complexity index is 1560. The molecular weight excluding hydrogens is 426 g/mol. The van der Waals surface area contributed by atoms with Crippen LogP contribution in [0.15, 0.2) is 60.7 Å². The summed E-state index contributed by atoms with van der Waals surface area (Å²) >= 11 is 0. The van der Waals surface area contributed by atoms with Crippen LogP contribution in [0, 0.1) is 13.8 Å². The molecule has 0 saturated heterocycles. The van der Waals surface area contributed by atoms with Crippen LogP contribution in [0.4, 0.5) is 26.3 Å². The van der Waals surface area contributed by atoms with Gasteiger partial charge >= 0.3 is 12.4 Å². The van der Waals surface area contributed by atoms with Gasteiger partial charge in [0.25, 0.3) is 0 Å². The van der Waals surface area contributed by atoms with Gasteiger partial charge in [-0.2, -0.15) is 26.3 Å². The van der Waals surface area contributed by atoms with E-state index in [2.05, 4.69) is 0 Å². The van der Waals surface area contributed by atoms with Crippen molar-refractivity contribution in [1.82, 2.24) is 0 Å². The zero-order valence-electron chi connectivity index (χ0n) is 17.0. The van der Waals surface area contributed by atoms with Crippen LogP contribution in [0.3, 0.4) is 0 Å². The van der Waals surface area contributed by atoms with Crippen molar-refractivity contribution in [1.29, 1.82) is 0 Å². The van der Waals surface area contributed by atoms with Crippen LogP contribution in [0.25, 0.3) is 43.1 Å². The largest absolute Gasteiger partial charge is 0.417 e. The third kappa shape index (κ3) is 2.93. The molecule has 5 aromatic rings. The second-order valence-corrected chi connectivity index (χ2v) is 8.07. The number of benzene rings is 5. The molecule has 0 unspecified atom stereocenters. The van der Waals surface area contributed by atoms with Gasteiger partial charge in [-0.1, -0.05) is 54.6 Å². The quantitative estimate of drug-likeness (QED) is 0.166. The van der Waals surface area contributed by atoms with Gasteiger partial charge in [-0.25, -0.2) is 0 Å². The first-order chi connectivity index (χ1) is 15.0. The van der Waals surface area contributed by atoms with Crippen LogP contribution in [-0.2, 0) is 12.4 Å². The highest BCUT2D eigenvalue weighted by Gasteiger charge is 2.44. The van der Waals surface area contributed by atoms with E-state index >= 15 is 0 Å². The van der Waals surface area contributed by atoms with Gasteiger partial charge in [0.05, 0.1) is 11.1 Å². The Kier molecular flexibility index (Phi) is 4.26. The zero-order valence-corrected chi connectivity index (χ0v) is 17.0. The van der Waals surface area contributed by atoms with Crippen molar-refractivity contribution in [2.75, 3.05) is 0 Å². The number of halogens is 6. The van der Waals surface area contributed by atoms with Crippen LogP contribution < -0.4 is 0 Å². The minimum atomic E-state index is -5.14. The van der Waals surface area contributed by atoms with Crippen molar-refractivity contribution in [3.05, 3.63) is 82.9 Å². The van der Waals surface area contributed by atoms with Gasteiger partial charge in [-0.05, 0) is 74.1 Å². The van der Waals surface area contributed by atoms with E-state index in [-0.39, 0.29) is 5.39 Å². The molecule has 0 N–H and O–H groups in total.